The number of nitrogens with two attached hydrogens (primary N) is 1. The average Bonchev–Trinajstić information content (AvgIpc) is 3.04. The van der Waals surface area contributed by atoms with Gasteiger partial charge in [-0.3, -0.25) is 9.89 Å². The van der Waals surface area contributed by atoms with Gasteiger partial charge in [0.25, 0.3) is 5.91 Å². The van der Waals surface area contributed by atoms with Crippen molar-refractivity contribution >= 4 is 17.2 Å². The molecule has 0 atom stereocenters. The highest BCUT2D eigenvalue weighted by atomic mass is 32.1. The maximum absolute atomic E-state index is 11.7. The summed E-state index contributed by atoms with van der Waals surface area (Å²) < 4.78 is 0. The van der Waals surface area contributed by atoms with E-state index in [1.165, 1.54) is 6.20 Å². The van der Waals surface area contributed by atoms with Crippen molar-refractivity contribution in [2.75, 3.05) is 6.54 Å². The lowest BCUT2D eigenvalue weighted by Gasteiger charge is -2.01. The first kappa shape index (κ1) is 12.4. The van der Waals surface area contributed by atoms with Gasteiger partial charge < -0.3 is 11.1 Å². The van der Waals surface area contributed by atoms with Crippen LogP contribution in [0.25, 0.3) is 0 Å². The Labute approximate surface area is 108 Å². The Hall–Kier alpha value is -2.10. The average molecular weight is 260 g/mol. The molecule has 0 aliphatic heterocycles. The summed E-state index contributed by atoms with van der Waals surface area (Å²) in [6.07, 6.45) is 3.04. The van der Waals surface area contributed by atoms with Crippen LogP contribution in [-0.2, 0) is 6.54 Å². The molecule has 18 heavy (non-hydrogen) atoms. The number of hydrogen-bond donors (Lipinski definition) is 3. The van der Waals surface area contributed by atoms with Crippen LogP contribution in [0.2, 0.25) is 0 Å². The van der Waals surface area contributed by atoms with Crippen molar-refractivity contribution < 1.29 is 4.79 Å². The maximum Gasteiger partial charge on any atom is 0.254 e. The minimum atomic E-state index is -0.158. The highest BCUT2D eigenvalue weighted by Gasteiger charge is 2.08. The summed E-state index contributed by atoms with van der Waals surface area (Å²) in [4.78, 5) is 12.7. The first-order valence-corrected chi connectivity index (χ1v) is 6.21. The van der Waals surface area contributed by atoms with E-state index in [0.717, 1.165) is 10.4 Å². The molecule has 2 aromatic heterocycles. The number of nitrogens with zero attached hydrogens (tertiary/aromatic N) is 1. The molecule has 6 heteroatoms. The number of carbonyl (C=O) groups excluding carboxylic acids is 1. The topological polar surface area (TPSA) is 83.8 Å². The van der Waals surface area contributed by atoms with Crippen LogP contribution in [0.3, 0.4) is 0 Å². The van der Waals surface area contributed by atoms with Gasteiger partial charge in [0.15, 0.2) is 0 Å². The molecule has 0 unspecified atom stereocenters. The molecule has 4 N–H and O–H groups in total. The number of aromatic amines is 1. The van der Waals surface area contributed by atoms with Gasteiger partial charge >= 0.3 is 0 Å². The predicted molar refractivity (Wildman–Crippen MR) is 70.0 cm³/mol. The van der Waals surface area contributed by atoms with Crippen molar-refractivity contribution in [2.45, 2.75) is 6.54 Å². The van der Waals surface area contributed by atoms with E-state index < -0.39 is 0 Å². The lowest BCUT2D eigenvalue weighted by atomic mass is 10.2. The van der Waals surface area contributed by atoms with Crippen LogP contribution < -0.4 is 11.1 Å². The van der Waals surface area contributed by atoms with E-state index in [1.54, 1.807) is 17.5 Å². The molecular formula is C12H12N4OS. The zero-order valence-electron chi connectivity index (χ0n) is 9.56. The minimum absolute atomic E-state index is 0.158. The Morgan fingerprint density at radius 2 is 2.50 bits per heavy atom. The van der Waals surface area contributed by atoms with E-state index in [9.17, 15) is 4.79 Å². The van der Waals surface area contributed by atoms with Gasteiger partial charge in [-0.15, -0.1) is 11.3 Å². The highest BCUT2D eigenvalue weighted by molar-refractivity contribution is 7.10. The van der Waals surface area contributed by atoms with Gasteiger partial charge in [-0.05, 0) is 11.4 Å². The quantitative estimate of drug-likeness (QED) is 0.711. The van der Waals surface area contributed by atoms with Crippen molar-refractivity contribution in [3.05, 3.63) is 39.8 Å². The van der Waals surface area contributed by atoms with Gasteiger partial charge in [-0.2, -0.15) is 5.10 Å². The van der Waals surface area contributed by atoms with Crippen molar-refractivity contribution in [2.24, 2.45) is 5.73 Å². The normalized spacial score (nSPS) is 9.61. The molecule has 2 aromatic rings. The Morgan fingerprint density at radius 1 is 1.61 bits per heavy atom. The van der Waals surface area contributed by atoms with E-state index in [1.807, 2.05) is 11.4 Å². The molecular weight excluding hydrogens is 248 g/mol. The summed E-state index contributed by atoms with van der Waals surface area (Å²) >= 11 is 1.56. The molecule has 0 fully saturated rings. The second kappa shape index (κ2) is 6.00. The molecule has 0 radical (unpaired) electrons. The van der Waals surface area contributed by atoms with E-state index in [4.69, 9.17) is 5.73 Å². The number of H-pyrrole nitrogens is 1. The van der Waals surface area contributed by atoms with Crippen LogP contribution in [0, 0.1) is 11.8 Å². The molecule has 0 bridgehead atoms. The fourth-order valence-electron chi connectivity index (χ4n) is 1.37. The highest BCUT2D eigenvalue weighted by Crippen LogP contribution is 2.15. The van der Waals surface area contributed by atoms with E-state index in [-0.39, 0.29) is 5.91 Å². The van der Waals surface area contributed by atoms with Crippen LogP contribution in [0.5, 0.6) is 0 Å². The number of nitrogens with one attached hydrogen (secondary N) is 2. The number of rotatable bonds is 3. The van der Waals surface area contributed by atoms with Crippen molar-refractivity contribution in [3.63, 3.8) is 0 Å². The second-order valence-corrected chi connectivity index (χ2v) is 4.43. The summed E-state index contributed by atoms with van der Waals surface area (Å²) in [6, 6.07) is 1.92. The largest absolute Gasteiger partial charge is 0.347 e. The third-order valence-electron chi connectivity index (χ3n) is 2.24. The summed E-state index contributed by atoms with van der Waals surface area (Å²) in [7, 11) is 0. The summed E-state index contributed by atoms with van der Waals surface area (Å²) in [5, 5.41) is 11.1. The molecule has 2 heterocycles. The monoisotopic (exact) mass is 260 g/mol. The smallest absolute Gasteiger partial charge is 0.254 e. The van der Waals surface area contributed by atoms with E-state index in [2.05, 4.69) is 27.4 Å². The Morgan fingerprint density at radius 3 is 3.22 bits per heavy atom. The third-order valence-corrected chi connectivity index (χ3v) is 3.16. The van der Waals surface area contributed by atoms with E-state index >= 15 is 0 Å². The molecule has 2 rings (SSSR count). The summed E-state index contributed by atoms with van der Waals surface area (Å²) in [5.74, 6) is 5.62. The Bertz CT molecular complexity index is 577. The molecule has 0 aliphatic carbocycles. The molecule has 0 saturated carbocycles. The summed E-state index contributed by atoms with van der Waals surface area (Å²) in [5.41, 5.74) is 6.76. The first-order valence-electron chi connectivity index (χ1n) is 5.33. The van der Waals surface area contributed by atoms with Crippen molar-refractivity contribution in [1.29, 1.82) is 0 Å². The maximum atomic E-state index is 11.7. The third kappa shape index (κ3) is 2.97. The fraction of sp³-hybridized carbons (Fsp3) is 0.167. The molecule has 0 spiro atoms. The predicted octanol–water partition coefficient (Wildman–Crippen LogP) is 0.711. The van der Waals surface area contributed by atoms with Gasteiger partial charge in [0, 0.05) is 16.6 Å². The molecule has 92 valence electrons. The molecule has 5 nitrogen and oxygen atoms in total. The van der Waals surface area contributed by atoms with Crippen LogP contribution in [0.4, 0.5) is 0 Å². The van der Waals surface area contributed by atoms with Crippen molar-refractivity contribution in [1.82, 2.24) is 15.5 Å². The van der Waals surface area contributed by atoms with Crippen LogP contribution >= 0.6 is 11.3 Å². The van der Waals surface area contributed by atoms with Gasteiger partial charge in [-0.25, -0.2) is 0 Å². The fourth-order valence-corrected chi connectivity index (χ4v) is 2.14. The standard InChI is InChI=1S/C12H12N4OS/c13-4-1-2-9-3-5-18-11(9)8-14-12(17)10-6-15-16-7-10/h3,5-7H,4,8,13H2,(H,14,17)(H,15,16). The Kier molecular flexibility index (Phi) is 4.12. The molecule has 1 amide bonds. The zero-order valence-corrected chi connectivity index (χ0v) is 10.4. The molecule has 0 aliphatic rings. The Balaban J connectivity index is 1.98. The summed E-state index contributed by atoms with van der Waals surface area (Å²) in [6.45, 7) is 0.785. The number of thiophene rings is 1. The number of carbonyl (C=O) groups is 1. The molecule has 0 aromatic carbocycles. The van der Waals surface area contributed by atoms with Crippen LogP contribution in [-0.4, -0.2) is 22.6 Å². The SMILES string of the molecule is NCC#Cc1ccsc1CNC(=O)c1cn[nH]c1. The van der Waals surface area contributed by atoms with Crippen molar-refractivity contribution in [3.8, 4) is 11.8 Å². The van der Waals surface area contributed by atoms with E-state index in [0.29, 0.717) is 18.7 Å². The number of amides is 1. The number of aromatic nitrogens is 2. The molecule has 0 saturated heterocycles. The van der Waals surface area contributed by atoms with Crippen LogP contribution in [0.1, 0.15) is 20.8 Å². The van der Waals surface area contributed by atoms with Gasteiger partial charge in [0.1, 0.15) is 0 Å². The van der Waals surface area contributed by atoms with Crippen LogP contribution in [0.15, 0.2) is 23.8 Å². The second-order valence-electron chi connectivity index (χ2n) is 3.43. The lowest BCUT2D eigenvalue weighted by Crippen LogP contribution is -2.22. The zero-order chi connectivity index (χ0) is 12.8. The van der Waals surface area contributed by atoms with Gasteiger partial charge in [0.05, 0.1) is 24.8 Å². The lowest BCUT2D eigenvalue weighted by molar-refractivity contribution is 0.0951. The van der Waals surface area contributed by atoms with Gasteiger partial charge in [-0.1, -0.05) is 11.8 Å². The van der Waals surface area contributed by atoms with Gasteiger partial charge in [0.2, 0.25) is 0 Å². The minimum Gasteiger partial charge on any atom is -0.347 e. The first-order chi connectivity index (χ1) is 8.81. The number of hydrogen-bond acceptors (Lipinski definition) is 4.